The molecule has 0 aliphatic carbocycles. The molecule has 0 radical (unpaired) electrons. The molecule has 1 aromatic rings. The van der Waals surface area contributed by atoms with Gasteiger partial charge in [0.05, 0.1) is 0 Å². The summed E-state index contributed by atoms with van der Waals surface area (Å²) >= 11 is 0. The zero-order valence-electron chi connectivity index (χ0n) is 11.7. The number of aromatic nitrogens is 2. The number of hydrogen-bond acceptors (Lipinski definition) is 5. The van der Waals surface area contributed by atoms with Crippen LogP contribution >= 0.6 is 0 Å². The Morgan fingerprint density at radius 3 is 2.32 bits per heavy atom. The van der Waals surface area contributed by atoms with Gasteiger partial charge in [-0.3, -0.25) is 4.79 Å². The third-order valence-electron chi connectivity index (χ3n) is 2.48. The Balaban J connectivity index is 2.71. The number of hydrogen-bond donors (Lipinski definition) is 3. The highest BCUT2D eigenvalue weighted by molar-refractivity contribution is 5.74. The topological polar surface area (TPSA) is 92.9 Å². The summed E-state index contributed by atoms with van der Waals surface area (Å²) in [5.74, 6) is 2.05. The second-order valence-corrected chi connectivity index (χ2v) is 4.37. The van der Waals surface area contributed by atoms with Crippen LogP contribution in [0.4, 0.5) is 11.6 Å². The highest BCUT2D eigenvalue weighted by Crippen LogP contribution is 2.12. The smallest absolute Gasteiger partial charge is 0.219 e. The fourth-order valence-electron chi connectivity index (χ4n) is 1.58. The van der Waals surface area contributed by atoms with Gasteiger partial charge in [-0.2, -0.15) is 0 Å². The molecule has 0 bridgehead atoms. The van der Waals surface area contributed by atoms with Crippen molar-refractivity contribution in [3.8, 4) is 0 Å². The molecule has 19 heavy (non-hydrogen) atoms. The van der Waals surface area contributed by atoms with Crippen LogP contribution in [-0.2, 0) is 11.2 Å². The average molecular weight is 265 g/mol. The molecule has 0 aliphatic rings. The number of amides is 1. The minimum Gasteiger partial charge on any atom is -0.370 e. The van der Waals surface area contributed by atoms with Crippen LogP contribution in [0, 0.1) is 0 Å². The fraction of sp³-hybridized carbons (Fsp3) is 0.615. The number of nitrogens with zero attached hydrogens (tertiary/aromatic N) is 2. The van der Waals surface area contributed by atoms with Gasteiger partial charge in [-0.25, -0.2) is 9.97 Å². The van der Waals surface area contributed by atoms with E-state index in [-0.39, 0.29) is 5.91 Å². The van der Waals surface area contributed by atoms with Crippen molar-refractivity contribution in [3.63, 3.8) is 0 Å². The van der Waals surface area contributed by atoms with Crippen molar-refractivity contribution >= 4 is 17.5 Å². The van der Waals surface area contributed by atoms with Gasteiger partial charge in [-0.1, -0.05) is 13.8 Å². The molecular weight excluding hydrogens is 242 g/mol. The number of primary amides is 1. The predicted octanol–water partition coefficient (Wildman–Crippen LogP) is 1.54. The Labute approximate surface area is 114 Å². The number of rotatable bonds is 9. The van der Waals surface area contributed by atoms with Crippen molar-refractivity contribution in [3.05, 3.63) is 11.9 Å². The lowest BCUT2D eigenvalue weighted by molar-refractivity contribution is -0.117. The maximum atomic E-state index is 10.7. The maximum absolute atomic E-state index is 10.7. The molecule has 0 fully saturated rings. The number of nitrogens with one attached hydrogen (secondary N) is 2. The van der Waals surface area contributed by atoms with E-state index in [9.17, 15) is 4.79 Å². The summed E-state index contributed by atoms with van der Waals surface area (Å²) in [5, 5.41) is 6.35. The van der Waals surface area contributed by atoms with Crippen molar-refractivity contribution in [1.29, 1.82) is 0 Å². The molecule has 0 saturated carbocycles. The van der Waals surface area contributed by atoms with Crippen LogP contribution < -0.4 is 16.4 Å². The first-order chi connectivity index (χ1) is 9.15. The van der Waals surface area contributed by atoms with Crippen molar-refractivity contribution < 1.29 is 4.79 Å². The summed E-state index contributed by atoms with van der Waals surface area (Å²) < 4.78 is 0. The molecule has 1 amide bonds. The Bertz CT molecular complexity index is 408. The Morgan fingerprint density at radius 2 is 1.79 bits per heavy atom. The van der Waals surface area contributed by atoms with Crippen LogP contribution in [0.1, 0.15) is 38.9 Å². The van der Waals surface area contributed by atoms with Crippen LogP contribution in [-0.4, -0.2) is 29.0 Å². The van der Waals surface area contributed by atoms with Crippen molar-refractivity contribution in [2.24, 2.45) is 5.73 Å². The number of aryl methyl sites for hydroxylation is 1. The number of carbonyl (C=O) groups excluding carboxylic acids is 1. The minimum atomic E-state index is -0.320. The summed E-state index contributed by atoms with van der Waals surface area (Å²) in [4.78, 5) is 19.6. The van der Waals surface area contributed by atoms with Gasteiger partial charge in [0.25, 0.3) is 0 Å². The van der Waals surface area contributed by atoms with Gasteiger partial charge in [0.2, 0.25) is 5.91 Å². The Morgan fingerprint density at radius 1 is 1.16 bits per heavy atom. The standard InChI is InChI=1S/C13H23N5O/c1-3-5-11-17-12(15-7-4-2)9-13(18-11)16-8-6-10(14)19/h9H,3-8H2,1-2H3,(H2,14,19)(H2,15,16,17,18). The molecule has 1 heterocycles. The maximum Gasteiger partial charge on any atom is 0.219 e. The zero-order valence-corrected chi connectivity index (χ0v) is 11.7. The summed E-state index contributed by atoms with van der Waals surface area (Å²) in [6.07, 6.45) is 3.17. The molecule has 0 aliphatic heterocycles. The van der Waals surface area contributed by atoms with Gasteiger partial charge in [0.1, 0.15) is 17.5 Å². The highest BCUT2D eigenvalue weighted by atomic mass is 16.1. The molecule has 0 saturated heterocycles. The second-order valence-electron chi connectivity index (χ2n) is 4.37. The van der Waals surface area contributed by atoms with Crippen molar-refractivity contribution in [2.45, 2.75) is 39.5 Å². The number of carbonyl (C=O) groups is 1. The third-order valence-corrected chi connectivity index (χ3v) is 2.48. The highest BCUT2D eigenvalue weighted by Gasteiger charge is 2.04. The van der Waals surface area contributed by atoms with E-state index in [1.165, 1.54) is 0 Å². The number of nitrogens with two attached hydrogens (primary N) is 1. The van der Waals surface area contributed by atoms with E-state index in [0.717, 1.165) is 43.3 Å². The zero-order chi connectivity index (χ0) is 14.1. The number of anilines is 2. The quantitative estimate of drug-likeness (QED) is 0.629. The van der Waals surface area contributed by atoms with Crippen LogP contribution in [0.5, 0.6) is 0 Å². The lowest BCUT2D eigenvalue weighted by Gasteiger charge is -2.10. The molecule has 0 spiro atoms. The molecule has 0 unspecified atom stereocenters. The molecule has 1 rings (SSSR count). The van der Waals surface area contributed by atoms with Gasteiger partial charge in [-0.05, 0) is 12.8 Å². The van der Waals surface area contributed by atoms with Crippen LogP contribution in [0.3, 0.4) is 0 Å². The fourth-order valence-corrected chi connectivity index (χ4v) is 1.58. The molecule has 1 aromatic heterocycles. The molecular formula is C13H23N5O. The van der Waals surface area contributed by atoms with Gasteiger partial charge in [0.15, 0.2) is 0 Å². The van der Waals surface area contributed by atoms with Gasteiger partial charge in [0, 0.05) is 32.0 Å². The predicted molar refractivity (Wildman–Crippen MR) is 77.1 cm³/mol. The van der Waals surface area contributed by atoms with Gasteiger partial charge >= 0.3 is 0 Å². The lowest BCUT2D eigenvalue weighted by atomic mass is 10.3. The molecule has 6 nitrogen and oxygen atoms in total. The van der Waals surface area contributed by atoms with E-state index < -0.39 is 0 Å². The van der Waals surface area contributed by atoms with Gasteiger partial charge < -0.3 is 16.4 Å². The Hall–Kier alpha value is -1.85. The van der Waals surface area contributed by atoms with E-state index >= 15 is 0 Å². The summed E-state index contributed by atoms with van der Waals surface area (Å²) in [6, 6.07) is 1.86. The van der Waals surface area contributed by atoms with E-state index in [1.54, 1.807) is 0 Å². The second kappa shape index (κ2) is 8.29. The molecule has 0 aromatic carbocycles. The summed E-state index contributed by atoms with van der Waals surface area (Å²) in [5.41, 5.74) is 5.11. The summed E-state index contributed by atoms with van der Waals surface area (Å²) in [6.45, 7) is 5.57. The van der Waals surface area contributed by atoms with E-state index in [2.05, 4.69) is 34.4 Å². The molecule has 106 valence electrons. The average Bonchev–Trinajstić information content (AvgIpc) is 2.36. The van der Waals surface area contributed by atoms with E-state index in [1.807, 2.05) is 6.07 Å². The van der Waals surface area contributed by atoms with Crippen molar-refractivity contribution in [1.82, 2.24) is 9.97 Å². The first-order valence-corrected chi connectivity index (χ1v) is 6.79. The lowest BCUT2D eigenvalue weighted by Crippen LogP contribution is -2.17. The van der Waals surface area contributed by atoms with Crippen LogP contribution in [0.25, 0.3) is 0 Å². The summed E-state index contributed by atoms with van der Waals surface area (Å²) in [7, 11) is 0. The SMILES string of the molecule is CCCNc1cc(NCCC(N)=O)nc(CCC)n1. The molecule has 0 atom stereocenters. The van der Waals surface area contributed by atoms with E-state index in [0.29, 0.717) is 13.0 Å². The van der Waals surface area contributed by atoms with Crippen LogP contribution in [0.15, 0.2) is 6.07 Å². The minimum absolute atomic E-state index is 0.296. The first-order valence-electron chi connectivity index (χ1n) is 6.79. The normalized spacial score (nSPS) is 10.2. The van der Waals surface area contributed by atoms with Crippen molar-refractivity contribution in [2.75, 3.05) is 23.7 Å². The third kappa shape index (κ3) is 6.03. The Kier molecular flexibility index (Phi) is 6.63. The monoisotopic (exact) mass is 265 g/mol. The van der Waals surface area contributed by atoms with E-state index in [4.69, 9.17) is 5.73 Å². The van der Waals surface area contributed by atoms with Gasteiger partial charge in [-0.15, -0.1) is 0 Å². The molecule has 4 N–H and O–H groups in total. The first kappa shape index (κ1) is 15.2. The van der Waals surface area contributed by atoms with Crippen LogP contribution in [0.2, 0.25) is 0 Å². The largest absolute Gasteiger partial charge is 0.370 e. The molecule has 6 heteroatoms.